The number of hydrogen-bond donors (Lipinski definition) is 3. The minimum absolute atomic E-state index is 0.241. The van der Waals surface area contributed by atoms with Gasteiger partial charge in [0, 0.05) is 37.7 Å². The molecular formula is C15H26N2O2. The van der Waals surface area contributed by atoms with E-state index in [9.17, 15) is 0 Å². The monoisotopic (exact) mass is 266 g/mol. The maximum Gasteiger partial charge on any atom is 0.0431 e. The molecule has 0 bridgehead atoms. The Morgan fingerprint density at radius 2 is 1.58 bits per heavy atom. The zero-order valence-electron chi connectivity index (χ0n) is 11.8. The predicted molar refractivity (Wildman–Crippen MR) is 80.4 cm³/mol. The molecule has 0 spiro atoms. The maximum absolute atomic E-state index is 8.88. The Bertz CT molecular complexity index is 359. The van der Waals surface area contributed by atoms with Crippen molar-refractivity contribution in [3.8, 4) is 0 Å². The second-order valence-electron chi connectivity index (χ2n) is 4.89. The lowest BCUT2D eigenvalue weighted by molar-refractivity contribution is 0.282. The molecule has 1 aromatic rings. The summed E-state index contributed by atoms with van der Waals surface area (Å²) in [6, 6.07) is 6.09. The first-order valence-electron chi connectivity index (χ1n) is 7.02. The number of nitrogen functional groups attached to an aromatic ring is 1. The third kappa shape index (κ3) is 5.49. The van der Waals surface area contributed by atoms with E-state index in [4.69, 9.17) is 15.9 Å². The minimum atomic E-state index is 0.241. The molecule has 0 heterocycles. The molecule has 4 heteroatoms. The molecule has 4 N–H and O–H groups in total. The number of benzene rings is 1. The van der Waals surface area contributed by atoms with E-state index in [1.54, 1.807) is 0 Å². The molecule has 0 fully saturated rings. The topological polar surface area (TPSA) is 69.7 Å². The van der Waals surface area contributed by atoms with Crippen LogP contribution in [0.3, 0.4) is 0 Å². The number of aliphatic hydroxyl groups is 2. The van der Waals surface area contributed by atoms with Crippen LogP contribution in [0.2, 0.25) is 0 Å². The number of nitrogens with zero attached hydrogens (tertiary/aromatic N) is 1. The Hall–Kier alpha value is -1.26. The minimum Gasteiger partial charge on any atom is -0.399 e. The van der Waals surface area contributed by atoms with Gasteiger partial charge in [-0.1, -0.05) is 0 Å². The number of aliphatic hydroxyl groups excluding tert-OH is 2. The smallest absolute Gasteiger partial charge is 0.0431 e. The average molecular weight is 266 g/mol. The summed E-state index contributed by atoms with van der Waals surface area (Å²) in [6.45, 7) is 4.35. The lowest BCUT2D eigenvalue weighted by Crippen LogP contribution is -2.26. The molecular weight excluding hydrogens is 240 g/mol. The predicted octanol–water partition coefficient (Wildman–Crippen LogP) is 1.93. The van der Waals surface area contributed by atoms with Crippen LogP contribution >= 0.6 is 0 Å². The highest BCUT2D eigenvalue weighted by Crippen LogP contribution is 2.21. The van der Waals surface area contributed by atoms with Crippen molar-refractivity contribution in [2.75, 3.05) is 36.9 Å². The van der Waals surface area contributed by atoms with Crippen molar-refractivity contribution in [2.24, 2.45) is 0 Å². The summed E-state index contributed by atoms with van der Waals surface area (Å²) in [4.78, 5) is 2.30. The SMILES string of the molecule is Cc1cc(N(CCCCO)CCCCO)ccc1N. The summed E-state index contributed by atoms with van der Waals surface area (Å²) < 4.78 is 0. The van der Waals surface area contributed by atoms with Gasteiger partial charge in [-0.25, -0.2) is 0 Å². The Kier molecular flexibility index (Phi) is 7.30. The molecule has 4 nitrogen and oxygen atoms in total. The van der Waals surface area contributed by atoms with Gasteiger partial charge in [-0.15, -0.1) is 0 Å². The van der Waals surface area contributed by atoms with Gasteiger partial charge in [-0.05, 0) is 56.4 Å². The van der Waals surface area contributed by atoms with Gasteiger partial charge in [0.25, 0.3) is 0 Å². The summed E-state index contributed by atoms with van der Waals surface area (Å²) in [7, 11) is 0. The van der Waals surface area contributed by atoms with E-state index in [1.165, 1.54) is 5.69 Å². The Morgan fingerprint density at radius 3 is 2.05 bits per heavy atom. The molecule has 1 aromatic carbocycles. The second-order valence-corrected chi connectivity index (χ2v) is 4.89. The van der Waals surface area contributed by atoms with Crippen LogP contribution in [0.15, 0.2) is 18.2 Å². The average Bonchev–Trinajstić information content (AvgIpc) is 2.41. The van der Waals surface area contributed by atoms with Crippen molar-refractivity contribution in [3.05, 3.63) is 23.8 Å². The zero-order valence-corrected chi connectivity index (χ0v) is 11.8. The Morgan fingerprint density at radius 1 is 1.00 bits per heavy atom. The van der Waals surface area contributed by atoms with Gasteiger partial charge in [-0.2, -0.15) is 0 Å². The van der Waals surface area contributed by atoms with Crippen molar-refractivity contribution in [1.29, 1.82) is 0 Å². The first-order chi connectivity index (χ1) is 9.19. The number of anilines is 2. The standard InChI is InChI=1S/C15H26N2O2/c1-13-12-14(6-7-15(13)16)17(8-2-4-10-18)9-3-5-11-19/h6-7,12,18-19H,2-5,8-11,16H2,1H3. The fourth-order valence-electron chi connectivity index (χ4n) is 2.06. The summed E-state index contributed by atoms with van der Waals surface area (Å²) in [5, 5.41) is 17.8. The van der Waals surface area contributed by atoms with E-state index in [0.717, 1.165) is 50.0 Å². The van der Waals surface area contributed by atoms with E-state index < -0.39 is 0 Å². The highest BCUT2D eigenvalue weighted by atomic mass is 16.3. The molecule has 0 aliphatic heterocycles. The van der Waals surface area contributed by atoms with Gasteiger partial charge >= 0.3 is 0 Å². The third-order valence-electron chi connectivity index (χ3n) is 3.29. The van der Waals surface area contributed by atoms with Crippen LogP contribution in [0, 0.1) is 6.92 Å². The molecule has 0 saturated carbocycles. The Balaban J connectivity index is 2.66. The van der Waals surface area contributed by atoms with Crippen LogP contribution in [0.25, 0.3) is 0 Å². The number of nitrogens with two attached hydrogens (primary N) is 1. The van der Waals surface area contributed by atoms with Gasteiger partial charge in [0.15, 0.2) is 0 Å². The zero-order chi connectivity index (χ0) is 14.1. The number of rotatable bonds is 9. The number of hydrogen-bond acceptors (Lipinski definition) is 4. The van der Waals surface area contributed by atoms with Gasteiger partial charge in [-0.3, -0.25) is 0 Å². The fraction of sp³-hybridized carbons (Fsp3) is 0.600. The molecule has 1 rings (SSSR count). The van der Waals surface area contributed by atoms with E-state index >= 15 is 0 Å². The van der Waals surface area contributed by atoms with Crippen LogP contribution in [-0.2, 0) is 0 Å². The molecule has 0 saturated heterocycles. The molecule has 0 radical (unpaired) electrons. The Labute approximate surface area is 115 Å². The van der Waals surface area contributed by atoms with Crippen LogP contribution in [-0.4, -0.2) is 36.5 Å². The number of unbranched alkanes of at least 4 members (excludes halogenated alkanes) is 2. The summed E-state index contributed by atoms with van der Waals surface area (Å²) in [5.74, 6) is 0. The van der Waals surface area contributed by atoms with Crippen LogP contribution in [0.4, 0.5) is 11.4 Å². The van der Waals surface area contributed by atoms with E-state index in [1.807, 2.05) is 19.1 Å². The molecule has 108 valence electrons. The van der Waals surface area contributed by atoms with Crippen molar-refractivity contribution in [1.82, 2.24) is 0 Å². The van der Waals surface area contributed by atoms with E-state index in [0.29, 0.717) is 0 Å². The van der Waals surface area contributed by atoms with Crippen LogP contribution in [0.1, 0.15) is 31.2 Å². The molecule has 0 aromatic heterocycles. The lowest BCUT2D eigenvalue weighted by atomic mass is 10.1. The van der Waals surface area contributed by atoms with E-state index in [2.05, 4.69) is 11.0 Å². The van der Waals surface area contributed by atoms with Crippen LogP contribution in [0.5, 0.6) is 0 Å². The summed E-state index contributed by atoms with van der Waals surface area (Å²) >= 11 is 0. The first-order valence-corrected chi connectivity index (χ1v) is 7.02. The summed E-state index contributed by atoms with van der Waals surface area (Å²) in [6.07, 6.45) is 3.59. The van der Waals surface area contributed by atoms with Crippen molar-refractivity contribution in [2.45, 2.75) is 32.6 Å². The second kappa shape index (κ2) is 8.77. The van der Waals surface area contributed by atoms with Crippen molar-refractivity contribution < 1.29 is 10.2 Å². The molecule has 0 atom stereocenters. The maximum atomic E-state index is 8.88. The number of aryl methyl sites for hydroxylation is 1. The molecule has 0 unspecified atom stereocenters. The summed E-state index contributed by atoms with van der Waals surface area (Å²) in [5.41, 5.74) is 8.92. The molecule has 0 amide bonds. The van der Waals surface area contributed by atoms with Gasteiger partial charge in [0.1, 0.15) is 0 Å². The highest BCUT2D eigenvalue weighted by molar-refractivity contribution is 5.58. The van der Waals surface area contributed by atoms with Gasteiger partial charge in [0.05, 0.1) is 0 Å². The van der Waals surface area contributed by atoms with Gasteiger partial charge < -0.3 is 20.8 Å². The largest absolute Gasteiger partial charge is 0.399 e. The van der Waals surface area contributed by atoms with Crippen LogP contribution < -0.4 is 10.6 Å². The normalized spacial score (nSPS) is 10.7. The van der Waals surface area contributed by atoms with Crippen molar-refractivity contribution >= 4 is 11.4 Å². The third-order valence-corrected chi connectivity index (χ3v) is 3.29. The van der Waals surface area contributed by atoms with Crippen molar-refractivity contribution in [3.63, 3.8) is 0 Å². The van der Waals surface area contributed by atoms with E-state index in [-0.39, 0.29) is 13.2 Å². The fourth-order valence-corrected chi connectivity index (χ4v) is 2.06. The molecule has 0 aliphatic rings. The first kappa shape index (κ1) is 15.8. The lowest BCUT2D eigenvalue weighted by Gasteiger charge is -2.25. The van der Waals surface area contributed by atoms with Gasteiger partial charge in [0.2, 0.25) is 0 Å². The highest BCUT2D eigenvalue weighted by Gasteiger charge is 2.07. The molecule has 0 aliphatic carbocycles. The molecule has 19 heavy (non-hydrogen) atoms. The quantitative estimate of drug-likeness (QED) is 0.472.